The molecule has 0 unspecified atom stereocenters. The van der Waals surface area contributed by atoms with E-state index in [1.54, 1.807) is 35.6 Å². The van der Waals surface area contributed by atoms with Crippen LogP contribution in [0.1, 0.15) is 17.8 Å². The first-order chi connectivity index (χ1) is 11.1. The minimum atomic E-state index is -0.635. The molecule has 1 atom stereocenters. The van der Waals surface area contributed by atoms with Crippen LogP contribution in [0.4, 0.5) is 0 Å². The fourth-order valence-electron chi connectivity index (χ4n) is 1.78. The quantitative estimate of drug-likeness (QED) is 0.776. The molecule has 0 fully saturated rings. The predicted octanol–water partition coefficient (Wildman–Crippen LogP) is 3.20. The van der Waals surface area contributed by atoms with Crippen molar-refractivity contribution in [2.75, 3.05) is 13.2 Å². The number of hydrogen-bond donors (Lipinski definition) is 1. The van der Waals surface area contributed by atoms with E-state index < -0.39 is 5.97 Å². The van der Waals surface area contributed by atoms with E-state index in [2.05, 4.69) is 5.32 Å². The third-order valence-electron chi connectivity index (χ3n) is 2.89. The average molecular weight is 354 g/mol. The van der Waals surface area contributed by atoms with Crippen LogP contribution in [-0.2, 0) is 14.3 Å². The van der Waals surface area contributed by atoms with Crippen molar-refractivity contribution >= 4 is 34.8 Å². The highest BCUT2D eigenvalue weighted by atomic mass is 35.5. The Labute approximate surface area is 143 Å². The van der Waals surface area contributed by atoms with Gasteiger partial charge in [-0.15, -0.1) is 11.3 Å². The van der Waals surface area contributed by atoms with E-state index in [0.29, 0.717) is 10.8 Å². The normalized spacial score (nSPS) is 11.6. The standard InChI is InChI=1S/C16H16ClNO4S/c1-11(14-7-4-8-23-14)18-15(19)9-22-16(20)10-21-13-6-3-2-5-12(13)17/h2-8,11H,9-10H2,1H3,(H,18,19)/t11-/m1/s1. The minimum absolute atomic E-state index is 0.124. The summed E-state index contributed by atoms with van der Waals surface area (Å²) in [6.07, 6.45) is 0. The monoisotopic (exact) mass is 353 g/mol. The zero-order valence-corrected chi connectivity index (χ0v) is 14.0. The molecule has 7 heteroatoms. The number of carbonyl (C=O) groups excluding carboxylic acids is 2. The van der Waals surface area contributed by atoms with Gasteiger partial charge in [0.15, 0.2) is 13.2 Å². The topological polar surface area (TPSA) is 64.6 Å². The van der Waals surface area contributed by atoms with Gasteiger partial charge in [-0.25, -0.2) is 4.79 Å². The van der Waals surface area contributed by atoms with Crippen molar-refractivity contribution in [2.45, 2.75) is 13.0 Å². The number of ether oxygens (including phenoxy) is 2. The Bertz CT molecular complexity index is 660. The molecule has 0 aliphatic heterocycles. The zero-order chi connectivity index (χ0) is 16.7. The lowest BCUT2D eigenvalue weighted by Gasteiger charge is -2.12. The van der Waals surface area contributed by atoms with Gasteiger partial charge in [-0.1, -0.05) is 29.8 Å². The molecule has 1 aromatic carbocycles. The number of thiophene rings is 1. The van der Waals surface area contributed by atoms with Gasteiger partial charge in [0.1, 0.15) is 5.75 Å². The number of benzene rings is 1. The Morgan fingerprint density at radius 3 is 2.70 bits per heavy atom. The third-order valence-corrected chi connectivity index (χ3v) is 4.26. The van der Waals surface area contributed by atoms with Crippen molar-refractivity contribution in [1.29, 1.82) is 0 Å². The number of hydrogen-bond acceptors (Lipinski definition) is 5. The summed E-state index contributed by atoms with van der Waals surface area (Å²) in [5.41, 5.74) is 0. The molecule has 1 amide bonds. The van der Waals surface area contributed by atoms with Crippen LogP contribution in [0.5, 0.6) is 5.75 Å². The SMILES string of the molecule is C[C@@H](NC(=O)COC(=O)COc1ccccc1Cl)c1cccs1. The number of para-hydroxylation sites is 1. The van der Waals surface area contributed by atoms with Crippen molar-refractivity contribution in [2.24, 2.45) is 0 Å². The first-order valence-electron chi connectivity index (χ1n) is 6.92. The Hall–Kier alpha value is -2.05. The van der Waals surface area contributed by atoms with Gasteiger partial charge >= 0.3 is 5.97 Å². The largest absolute Gasteiger partial charge is 0.480 e. The van der Waals surface area contributed by atoms with Gasteiger partial charge in [0, 0.05) is 4.88 Å². The summed E-state index contributed by atoms with van der Waals surface area (Å²) in [7, 11) is 0. The molecule has 0 bridgehead atoms. The molecule has 0 saturated carbocycles. The maximum Gasteiger partial charge on any atom is 0.344 e. The number of carbonyl (C=O) groups is 2. The van der Waals surface area contributed by atoms with E-state index in [1.165, 1.54) is 0 Å². The number of nitrogens with one attached hydrogen (secondary N) is 1. The van der Waals surface area contributed by atoms with Crippen molar-refractivity contribution in [3.8, 4) is 5.75 Å². The molecular formula is C16H16ClNO4S. The Balaban J connectivity index is 1.70. The van der Waals surface area contributed by atoms with Gasteiger partial charge in [0.05, 0.1) is 11.1 Å². The van der Waals surface area contributed by atoms with Gasteiger partial charge in [-0.05, 0) is 30.5 Å². The second kappa shape index (κ2) is 8.55. The lowest BCUT2D eigenvalue weighted by atomic mass is 10.3. The summed E-state index contributed by atoms with van der Waals surface area (Å²) in [6.45, 7) is 1.21. The summed E-state index contributed by atoms with van der Waals surface area (Å²) in [5, 5.41) is 5.09. The Kier molecular flexibility index (Phi) is 6.43. The average Bonchev–Trinajstić information content (AvgIpc) is 3.06. The van der Waals surface area contributed by atoms with Crippen LogP contribution >= 0.6 is 22.9 Å². The van der Waals surface area contributed by atoms with Crippen LogP contribution in [0.25, 0.3) is 0 Å². The summed E-state index contributed by atoms with van der Waals surface area (Å²) in [4.78, 5) is 24.3. The molecule has 0 aliphatic rings. The maximum atomic E-state index is 11.7. The second-order valence-corrected chi connectivity index (χ2v) is 6.07. The third kappa shape index (κ3) is 5.58. The van der Waals surface area contributed by atoms with Gasteiger partial charge in [-0.2, -0.15) is 0 Å². The highest BCUT2D eigenvalue weighted by Gasteiger charge is 2.13. The van der Waals surface area contributed by atoms with E-state index in [-0.39, 0.29) is 25.2 Å². The van der Waals surface area contributed by atoms with Gasteiger partial charge in [0.2, 0.25) is 0 Å². The highest BCUT2D eigenvalue weighted by molar-refractivity contribution is 7.10. The first kappa shape index (κ1) is 17.3. The van der Waals surface area contributed by atoms with Crippen LogP contribution in [0.2, 0.25) is 5.02 Å². The molecule has 0 aliphatic carbocycles. The number of rotatable bonds is 7. The van der Waals surface area contributed by atoms with Crippen LogP contribution in [-0.4, -0.2) is 25.1 Å². The van der Waals surface area contributed by atoms with Crippen LogP contribution in [0.3, 0.4) is 0 Å². The fourth-order valence-corrected chi connectivity index (χ4v) is 2.70. The van der Waals surface area contributed by atoms with Crippen molar-refractivity contribution in [1.82, 2.24) is 5.32 Å². The summed E-state index contributed by atoms with van der Waals surface area (Å²) < 4.78 is 10.1. The summed E-state index contributed by atoms with van der Waals surface area (Å²) >= 11 is 7.45. The number of halogens is 1. The molecule has 2 aromatic rings. The molecule has 0 radical (unpaired) electrons. The number of amides is 1. The van der Waals surface area contributed by atoms with Crippen molar-refractivity contribution in [3.05, 3.63) is 51.7 Å². The molecule has 1 heterocycles. The van der Waals surface area contributed by atoms with Crippen LogP contribution in [0, 0.1) is 0 Å². The van der Waals surface area contributed by atoms with E-state index in [9.17, 15) is 9.59 Å². The molecule has 1 aromatic heterocycles. The molecule has 5 nitrogen and oxygen atoms in total. The Morgan fingerprint density at radius 2 is 2.00 bits per heavy atom. The molecule has 0 spiro atoms. The van der Waals surface area contributed by atoms with E-state index in [0.717, 1.165) is 4.88 Å². The van der Waals surface area contributed by atoms with Crippen LogP contribution in [0.15, 0.2) is 41.8 Å². The summed E-state index contributed by atoms with van der Waals surface area (Å²) in [5.74, 6) is -0.609. The lowest BCUT2D eigenvalue weighted by Crippen LogP contribution is -2.31. The molecular weight excluding hydrogens is 338 g/mol. The van der Waals surface area contributed by atoms with Gasteiger partial charge in [0.25, 0.3) is 5.91 Å². The fraction of sp³-hybridized carbons (Fsp3) is 0.250. The van der Waals surface area contributed by atoms with Gasteiger partial charge in [-0.3, -0.25) is 4.79 Å². The predicted molar refractivity (Wildman–Crippen MR) is 88.8 cm³/mol. The second-order valence-electron chi connectivity index (χ2n) is 4.68. The van der Waals surface area contributed by atoms with Crippen molar-refractivity contribution < 1.29 is 19.1 Å². The highest BCUT2D eigenvalue weighted by Crippen LogP contribution is 2.22. The molecule has 0 saturated heterocycles. The van der Waals surface area contributed by atoms with Gasteiger partial charge < -0.3 is 14.8 Å². The first-order valence-corrected chi connectivity index (χ1v) is 8.17. The molecule has 2 rings (SSSR count). The maximum absolute atomic E-state index is 11.7. The van der Waals surface area contributed by atoms with Crippen LogP contribution < -0.4 is 10.1 Å². The molecule has 23 heavy (non-hydrogen) atoms. The Morgan fingerprint density at radius 1 is 1.22 bits per heavy atom. The minimum Gasteiger partial charge on any atom is -0.480 e. The van der Waals surface area contributed by atoms with E-state index in [1.807, 2.05) is 24.4 Å². The molecule has 1 N–H and O–H groups in total. The summed E-state index contributed by atoms with van der Waals surface area (Å²) in [6, 6.07) is 10.5. The number of esters is 1. The van der Waals surface area contributed by atoms with Crippen molar-refractivity contribution in [3.63, 3.8) is 0 Å². The van der Waals surface area contributed by atoms with E-state index in [4.69, 9.17) is 21.1 Å². The zero-order valence-electron chi connectivity index (χ0n) is 12.5. The lowest BCUT2D eigenvalue weighted by molar-refractivity contribution is -0.150. The van der Waals surface area contributed by atoms with E-state index >= 15 is 0 Å². The molecule has 122 valence electrons. The smallest absolute Gasteiger partial charge is 0.344 e.